The van der Waals surface area contributed by atoms with Crippen molar-refractivity contribution < 1.29 is 5.11 Å². The Morgan fingerprint density at radius 3 is 2.93 bits per heavy atom. The number of rotatable bonds is 6. The van der Waals surface area contributed by atoms with Gasteiger partial charge in [0.25, 0.3) is 0 Å². The van der Waals surface area contributed by atoms with E-state index in [0.717, 1.165) is 25.8 Å². The van der Waals surface area contributed by atoms with Gasteiger partial charge in [-0.05, 0) is 19.3 Å². The van der Waals surface area contributed by atoms with Crippen LogP contribution >= 0.6 is 11.6 Å². The number of hydrogen-bond donors (Lipinski definition) is 2. The number of halogens is 1. The maximum absolute atomic E-state index is 8.56. The van der Waals surface area contributed by atoms with Crippen LogP contribution in [0.1, 0.15) is 19.3 Å². The lowest BCUT2D eigenvalue weighted by atomic mass is 10.2. The molecule has 78 valence electrons. The number of hydrogen-bond acceptors (Lipinski definition) is 4. The molecule has 5 heteroatoms. The quantitative estimate of drug-likeness (QED) is 0.710. The highest BCUT2D eigenvalue weighted by atomic mass is 35.5. The van der Waals surface area contributed by atoms with Gasteiger partial charge in [0.2, 0.25) is 0 Å². The molecule has 0 unspecified atom stereocenters. The molecule has 1 rings (SSSR count). The number of unbranched alkanes of at least 4 members (excludes halogenated alkanes) is 2. The molecular weight excluding hydrogens is 202 g/mol. The lowest BCUT2D eigenvalue weighted by Gasteiger charge is -2.05. The van der Waals surface area contributed by atoms with E-state index < -0.39 is 0 Å². The van der Waals surface area contributed by atoms with Crippen LogP contribution in [-0.2, 0) is 0 Å². The van der Waals surface area contributed by atoms with Gasteiger partial charge in [-0.1, -0.05) is 11.6 Å². The Morgan fingerprint density at radius 1 is 1.36 bits per heavy atom. The Balaban J connectivity index is 2.21. The highest BCUT2D eigenvalue weighted by Crippen LogP contribution is 2.15. The maximum atomic E-state index is 8.56. The van der Waals surface area contributed by atoms with Gasteiger partial charge in [0, 0.05) is 13.2 Å². The number of anilines is 1. The Bertz CT molecular complexity index is 270. The van der Waals surface area contributed by atoms with Crippen molar-refractivity contribution in [3.05, 3.63) is 17.5 Å². The topological polar surface area (TPSA) is 58.0 Å². The summed E-state index contributed by atoms with van der Waals surface area (Å²) < 4.78 is 0. The van der Waals surface area contributed by atoms with Crippen molar-refractivity contribution in [3.8, 4) is 0 Å². The van der Waals surface area contributed by atoms with E-state index in [9.17, 15) is 0 Å². The van der Waals surface area contributed by atoms with Crippen LogP contribution in [0.15, 0.2) is 12.5 Å². The zero-order valence-electron chi connectivity index (χ0n) is 7.91. The van der Waals surface area contributed by atoms with Crippen LogP contribution < -0.4 is 5.32 Å². The fourth-order valence-electron chi connectivity index (χ4n) is 1.06. The van der Waals surface area contributed by atoms with E-state index in [1.807, 2.05) is 0 Å². The van der Waals surface area contributed by atoms with Gasteiger partial charge in [0.05, 0.1) is 6.20 Å². The molecule has 0 fully saturated rings. The predicted molar refractivity (Wildman–Crippen MR) is 56.5 cm³/mol. The van der Waals surface area contributed by atoms with Crippen molar-refractivity contribution in [2.75, 3.05) is 18.5 Å². The van der Waals surface area contributed by atoms with Gasteiger partial charge < -0.3 is 10.4 Å². The van der Waals surface area contributed by atoms with E-state index in [1.165, 1.54) is 6.33 Å². The molecule has 0 aliphatic rings. The van der Waals surface area contributed by atoms with Crippen LogP contribution in [0, 0.1) is 0 Å². The standard InChI is InChI=1S/C9H14ClN3O/c10-8-6-11-7-13-9(8)12-4-2-1-3-5-14/h6-7,14H,1-5H2,(H,11,12,13). The molecule has 0 amide bonds. The molecule has 0 radical (unpaired) electrons. The summed E-state index contributed by atoms with van der Waals surface area (Å²) in [4.78, 5) is 7.78. The Morgan fingerprint density at radius 2 is 2.21 bits per heavy atom. The fraction of sp³-hybridized carbons (Fsp3) is 0.556. The van der Waals surface area contributed by atoms with Crippen LogP contribution in [0.3, 0.4) is 0 Å². The second-order valence-corrected chi connectivity index (χ2v) is 3.34. The van der Waals surface area contributed by atoms with Gasteiger partial charge in [-0.3, -0.25) is 0 Å². The molecule has 1 aromatic rings. The van der Waals surface area contributed by atoms with Crippen LogP contribution in [0.25, 0.3) is 0 Å². The first-order chi connectivity index (χ1) is 6.84. The summed E-state index contributed by atoms with van der Waals surface area (Å²) in [7, 11) is 0. The number of aliphatic hydroxyl groups is 1. The van der Waals surface area contributed by atoms with Crippen molar-refractivity contribution >= 4 is 17.4 Å². The van der Waals surface area contributed by atoms with Crippen molar-refractivity contribution in [1.29, 1.82) is 0 Å². The van der Waals surface area contributed by atoms with Crippen molar-refractivity contribution in [2.45, 2.75) is 19.3 Å². The van der Waals surface area contributed by atoms with Crippen LogP contribution in [-0.4, -0.2) is 28.2 Å². The average Bonchev–Trinajstić information content (AvgIpc) is 2.20. The molecule has 0 bridgehead atoms. The van der Waals surface area contributed by atoms with Crippen LogP contribution in [0.4, 0.5) is 5.82 Å². The molecule has 1 aromatic heterocycles. The van der Waals surface area contributed by atoms with Crippen LogP contribution in [0.2, 0.25) is 5.02 Å². The smallest absolute Gasteiger partial charge is 0.148 e. The Kier molecular flexibility index (Phi) is 5.25. The molecule has 14 heavy (non-hydrogen) atoms. The second-order valence-electron chi connectivity index (χ2n) is 2.93. The average molecular weight is 216 g/mol. The first-order valence-electron chi connectivity index (χ1n) is 4.65. The number of aromatic nitrogens is 2. The van der Waals surface area contributed by atoms with Gasteiger partial charge in [0.1, 0.15) is 17.2 Å². The molecule has 0 atom stereocenters. The summed E-state index contributed by atoms with van der Waals surface area (Å²) in [5, 5.41) is 12.2. The summed E-state index contributed by atoms with van der Waals surface area (Å²) in [5.74, 6) is 0.672. The monoisotopic (exact) mass is 215 g/mol. The third-order valence-electron chi connectivity index (χ3n) is 1.79. The van der Waals surface area contributed by atoms with E-state index in [-0.39, 0.29) is 6.61 Å². The maximum Gasteiger partial charge on any atom is 0.148 e. The minimum Gasteiger partial charge on any atom is -0.396 e. The van der Waals surface area contributed by atoms with Crippen molar-refractivity contribution in [1.82, 2.24) is 9.97 Å². The first kappa shape index (κ1) is 11.2. The predicted octanol–water partition coefficient (Wildman–Crippen LogP) is 1.70. The molecule has 1 heterocycles. The number of nitrogens with one attached hydrogen (secondary N) is 1. The Hall–Kier alpha value is -0.870. The van der Waals surface area contributed by atoms with Crippen LogP contribution in [0.5, 0.6) is 0 Å². The molecule has 0 aromatic carbocycles. The van der Waals surface area contributed by atoms with Crippen molar-refractivity contribution in [3.63, 3.8) is 0 Å². The van der Waals surface area contributed by atoms with E-state index in [4.69, 9.17) is 16.7 Å². The Labute approximate surface area is 88.3 Å². The zero-order valence-corrected chi connectivity index (χ0v) is 8.67. The third kappa shape index (κ3) is 3.89. The van der Waals surface area contributed by atoms with E-state index >= 15 is 0 Å². The molecule has 0 aliphatic carbocycles. The minimum absolute atomic E-state index is 0.258. The number of aliphatic hydroxyl groups excluding tert-OH is 1. The lowest BCUT2D eigenvalue weighted by molar-refractivity contribution is 0.283. The van der Waals surface area contributed by atoms with E-state index in [1.54, 1.807) is 6.20 Å². The van der Waals surface area contributed by atoms with Gasteiger partial charge in [-0.25, -0.2) is 9.97 Å². The highest BCUT2D eigenvalue weighted by Gasteiger charge is 1.98. The SMILES string of the molecule is OCCCCCNc1ncncc1Cl. The first-order valence-corrected chi connectivity index (χ1v) is 5.02. The molecular formula is C9H14ClN3O. The molecule has 0 saturated heterocycles. The zero-order chi connectivity index (χ0) is 10.2. The fourth-order valence-corrected chi connectivity index (χ4v) is 1.24. The molecule has 0 aliphatic heterocycles. The summed E-state index contributed by atoms with van der Waals surface area (Å²) in [6.07, 6.45) is 5.87. The molecule has 2 N–H and O–H groups in total. The van der Waals surface area contributed by atoms with E-state index in [0.29, 0.717) is 10.8 Å². The molecule has 4 nitrogen and oxygen atoms in total. The van der Waals surface area contributed by atoms with Gasteiger partial charge in [-0.2, -0.15) is 0 Å². The van der Waals surface area contributed by atoms with Gasteiger partial charge >= 0.3 is 0 Å². The van der Waals surface area contributed by atoms with E-state index in [2.05, 4.69) is 15.3 Å². The highest BCUT2D eigenvalue weighted by molar-refractivity contribution is 6.32. The summed E-state index contributed by atoms with van der Waals surface area (Å²) in [5.41, 5.74) is 0. The summed E-state index contributed by atoms with van der Waals surface area (Å²) in [6.45, 7) is 1.07. The minimum atomic E-state index is 0.258. The third-order valence-corrected chi connectivity index (χ3v) is 2.07. The molecule has 0 saturated carbocycles. The van der Waals surface area contributed by atoms with Gasteiger partial charge in [-0.15, -0.1) is 0 Å². The van der Waals surface area contributed by atoms with Gasteiger partial charge in [0.15, 0.2) is 0 Å². The number of nitrogens with zero attached hydrogens (tertiary/aromatic N) is 2. The molecule has 0 spiro atoms. The summed E-state index contributed by atoms with van der Waals surface area (Å²) >= 11 is 5.84. The summed E-state index contributed by atoms with van der Waals surface area (Å²) in [6, 6.07) is 0. The second kappa shape index (κ2) is 6.56. The largest absolute Gasteiger partial charge is 0.396 e. The van der Waals surface area contributed by atoms with Crippen molar-refractivity contribution in [2.24, 2.45) is 0 Å². The normalized spacial score (nSPS) is 10.1. The lowest BCUT2D eigenvalue weighted by Crippen LogP contribution is -2.04.